The maximum atomic E-state index is 11.8. The second-order valence-corrected chi connectivity index (χ2v) is 5.07. The van der Waals surface area contributed by atoms with E-state index in [9.17, 15) is 4.79 Å². The Bertz CT molecular complexity index is 430. The normalized spacial score (nSPS) is 29.1. The van der Waals surface area contributed by atoms with E-state index in [1.807, 2.05) is 0 Å². The smallest absolute Gasteiger partial charge is 0.164 e. The van der Waals surface area contributed by atoms with Gasteiger partial charge in [-0.25, -0.2) is 0 Å². The van der Waals surface area contributed by atoms with Gasteiger partial charge in [-0.2, -0.15) is 0 Å². The Hall–Kier alpha value is -1.05. The number of aromatic nitrogens is 1. The van der Waals surface area contributed by atoms with Gasteiger partial charge in [0.2, 0.25) is 0 Å². The molecule has 2 atom stereocenters. The maximum absolute atomic E-state index is 11.8. The molecule has 0 bridgehead atoms. The van der Waals surface area contributed by atoms with Gasteiger partial charge in [0, 0.05) is 29.4 Å². The number of nitrogens with zero attached hydrogens (tertiary/aromatic N) is 1. The summed E-state index contributed by atoms with van der Waals surface area (Å²) in [6.07, 6.45) is 4.17. The molecule has 2 aliphatic carbocycles. The molecule has 1 heterocycles. The van der Waals surface area contributed by atoms with Crippen molar-refractivity contribution in [1.82, 2.24) is 4.57 Å². The van der Waals surface area contributed by atoms with Crippen LogP contribution in [0.2, 0.25) is 0 Å². The Morgan fingerprint density at radius 1 is 1.40 bits per heavy atom. The molecule has 80 valence electrons. The zero-order valence-corrected chi connectivity index (χ0v) is 9.42. The molecule has 1 aromatic heterocycles. The lowest BCUT2D eigenvalue weighted by molar-refractivity contribution is 0.0971. The van der Waals surface area contributed by atoms with Gasteiger partial charge >= 0.3 is 0 Å². The van der Waals surface area contributed by atoms with Crippen LogP contribution >= 0.6 is 0 Å². The average molecular weight is 203 g/mol. The summed E-state index contributed by atoms with van der Waals surface area (Å²) in [6, 6.07) is 2.78. The maximum Gasteiger partial charge on any atom is 0.164 e. The average Bonchev–Trinajstić information content (AvgIpc) is 2.78. The Balaban J connectivity index is 2.10. The Morgan fingerprint density at radius 3 is 2.80 bits per heavy atom. The van der Waals surface area contributed by atoms with E-state index in [0.717, 1.165) is 30.7 Å². The first-order valence-electron chi connectivity index (χ1n) is 5.92. The fourth-order valence-corrected chi connectivity index (χ4v) is 2.88. The van der Waals surface area contributed by atoms with Crippen LogP contribution in [0.15, 0.2) is 6.07 Å². The zero-order chi connectivity index (χ0) is 10.6. The van der Waals surface area contributed by atoms with Gasteiger partial charge in [-0.3, -0.25) is 4.79 Å². The van der Waals surface area contributed by atoms with Crippen LogP contribution in [0.4, 0.5) is 0 Å². The van der Waals surface area contributed by atoms with Crippen LogP contribution < -0.4 is 0 Å². The molecule has 0 spiro atoms. The number of fused-ring (bicyclic) bond motifs is 1. The number of hydrogen-bond acceptors (Lipinski definition) is 1. The molecule has 0 amide bonds. The largest absolute Gasteiger partial charge is 0.345 e. The summed E-state index contributed by atoms with van der Waals surface area (Å²) in [5.41, 5.74) is 3.61. The van der Waals surface area contributed by atoms with Crippen molar-refractivity contribution in [2.24, 2.45) is 5.92 Å². The molecule has 2 aliphatic rings. The zero-order valence-electron chi connectivity index (χ0n) is 9.42. The quantitative estimate of drug-likeness (QED) is 0.688. The second-order valence-electron chi connectivity index (χ2n) is 5.07. The Labute approximate surface area is 90.3 Å². The van der Waals surface area contributed by atoms with Crippen molar-refractivity contribution in [3.63, 3.8) is 0 Å². The first-order chi connectivity index (χ1) is 7.18. The lowest BCUT2D eigenvalue weighted by Crippen LogP contribution is -2.13. The van der Waals surface area contributed by atoms with Gasteiger partial charge in [-0.05, 0) is 38.2 Å². The number of aryl methyl sites for hydroxylation is 1. The number of carbonyl (C=O) groups is 1. The third kappa shape index (κ3) is 1.27. The molecule has 15 heavy (non-hydrogen) atoms. The summed E-state index contributed by atoms with van der Waals surface area (Å²) in [5, 5.41) is 0. The fraction of sp³-hybridized carbons (Fsp3) is 0.615. The van der Waals surface area contributed by atoms with Gasteiger partial charge < -0.3 is 4.57 Å². The number of ketones is 1. The van der Waals surface area contributed by atoms with Crippen LogP contribution in [0.1, 0.15) is 54.0 Å². The molecule has 1 aromatic rings. The molecular weight excluding hydrogens is 186 g/mol. The van der Waals surface area contributed by atoms with Crippen LogP contribution in [0, 0.1) is 12.8 Å². The first kappa shape index (κ1) is 9.20. The SMILES string of the molecule is Cc1cc2c(n1C1CC1C)CCCC2=O. The van der Waals surface area contributed by atoms with Crippen LogP contribution in [-0.4, -0.2) is 10.4 Å². The fourth-order valence-electron chi connectivity index (χ4n) is 2.88. The highest BCUT2D eigenvalue weighted by Crippen LogP contribution is 2.45. The van der Waals surface area contributed by atoms with E-state index in [-0.39, 0.29) is 0 Å². The highest BCUT2D eigenvalue weighted by Gasteiger charge is 2.37. The van der Waals surface area contributed by atoms with Gasteiger partial charge in [0.15, 0.2) is 5.78 Å². The lowest BCUT2D eigenvalue weighted by Gasteiger charge is -2.15. The molecule has 0 radical (unpaired) electrons. The monoisotopic (exact) mass is 203 g/mol. The highest BCUT2D eigenvalue weighted by molar-refractivity contribution is 5.98. The van der Waals surface area contributed by atoms with Crippen LogP contribution in [0.5, 0.6) is 0 Å². The van der Waals surface area contributed by atoms with Gasteiger partial charge in [-0.15, -0.1) is 0 Å². The van der Waals surface area contributed by atoms with E-state index in [2.05, 4.69) is 24.5 Å². The summed E-state index contributed by atoms with van der Waals surface area (Å²) in [4.78, 5) is 11.8. The van der Waals surface area contributed by atoms with Crippen LogP contribution in [-0.2, 0) is 6.42 Å². The predicted molar refractivity (Wildman–Crippen MR) is 59.3 cm³/mol. The number of Topliss-reactive ketones (excluding diaryl/α,β-unsaturated/α-hetero) is 1. The summed E-state index contributed by atoms with van der Waals surface area (Å²) >= 11 is 0. The summed E-state index contributed by atoms with van der Waals surface area (Å²) in [7, 11) is 0. The summed E-state index contributed by atoms with van der Waals surface area (Å²) in [6.45, 7) is 4.43. The predicted octanol–water partition coefficient (Wildman–Crippen LogP) is 2.90. The number of rotatable bonds is 1. The van der Waals surface area contributed by atoms with Crippen molar-refractivity contribution in [2.45, 2.75) is 45.6 Å². The van der Waals surface area contributed by atoms with E-state index >= 15 is 0 Å². The first-order valence-corrected chi connectivity index (χ1v) is 5.92. The lowest BCUT2D eigenvalue weighted by atomic mass is 9.96. The van der Waals surface area contributed by atoms with E-state index in [4.69, 9.17) is 0 Å². The van der Waals surface area contributed by atoms with Crippen molar-refractivity contribution >= 4 is 5.78 Å². The van der Waals surface area contributed by atoms with E-state index in [1.165, 1.54) is 17.8 Å². The third-order valence-corrected chi connectivity index (χ3v) is 3.85. The summed E-state index contributed by atoms with van der Waals surface area (Å²) < 4.78 is 2.43. The minimum atomic E-state index is 0.353. The molecular formula is C13H17NO. The van der Waals surface area contributed by atoms with Crippen molar-refractivity contribution in [2.75, 3.05) is 0 Å². The van der Waals surface area contributed by atoms with Gasteiger partial charge in [0.25, 0.3) is 0 Å². The summed E-state index contributed by atoms with van der Waals surface area (Å²) in [5.74, 6) is 1.16. The minimum Gasteiger partial charge on any atom is -0.345 e. The van der Waals surface area contributed by atoms with Crippen LogP contribution in [0.25, 0.3) is 0 Å². The molecule has 2 unspecified atom stereocenters. The molecule has 0 N–H and O–H groups in total. The molecule has 2 heteroatoms. The van der Waals surface area contributed by atoms with Crippen LogP contribution in [0.3, 0.4) is 0 Å². The van der Waals surface area contributed by atoms with Crippen molar-refractivity contribution in [3.05, 3.63) is 23.0 Å². The molecule has 2 nitrogen and oxygen atoms in total. The molecule has 0 aliphatic heterocycles. The topological polar surface area (TPSA) is 22.0 Å². The molecule has 0 aromatic carbocycles. The second kappa shape index (κ2) is 2.97. The van der Waals surface area contributed by atoms with Gasteiger partial charge in [0.1, 0.15) is 0 Å². The molecule has 3 rings (SSSR count). The van der Waals surface area contributed by atoms with Crippen molar-refractivity contribution < 1.29 is 4.79 Å². The van der Waals surface area contributed by atoms with Gasteiger partial charge in [0.05, 0.1) is 0 Å². The number of carbonyl (C=O) groups excluding carboxylic acids is 1. The Kier molecular flexibility index (Phi) is 1.82. The standard InChI is InChI=1S/C13H17NO/c1-8-6-12(8)14-9(2)7-10-11(14)4-3-5-13(10)15/h7-8,12H,3-6H2,1-2H3. The van der Waals surface area contributed by atoms with E-state index in [1.54, 1.807) is 0 Å². The molecule has 0 saturated heterocycles. The van der Waals surface area contributed by atoms with Crippen molar-refractivity contribution in [1.29, 1.82) is 0 Å². The highest BCUT2D eigenvalue weighted by atomic mass is 16.1. The minimum absolute atomic E-state index is 0.353. The molecule has 1 fully saturated rings. The molecule has 1 saturated carbocycles. The number of hydrogen-bond donors (Lipinski definition) is 0. The van der Waals surface area contributed by atoms with Crippen molar-refractivity contribution in [3.8, 4) is 0 Å². The van der Waals surface area contributed by atoms with E-state index < -0.39 is 0 Å². The van der Waals surface area contributed by atoms with E-state index in [0.29, 0.717) is 11.8 Å². The van der Waals surface area contributed by atoms with Gasteiger partial charge in [-0.1, -0.05) is 6.92 Å². The Morgan fingerprint density at radius 2 is 2.13 bits per heavy atom. The third-order valence-electron chi connectivity index (χ3n) is 3.85.